The van der Waals surface area contributed by atoms with Crippen molar-refractivity contribution < 1.29 is 9.47 Å². The molecular formula is C21H23N5O2. The molecule has 1 aromatic carbocycles. The molecule has 28 heavy (non-hydrogen) atoms. The van der Waals surface area contributed by atoms with E-state index in [1.807, 2.05) is 12.1 Å². The van der Waals surface area contributed by atoms with Crippen LogP contribution in [-0.4, -0.2) is 34.7 Å². The van der Waals surface area contributed by atoms with Crippen LogP contribution < -0.4 is 20.5 Å². The van der Waals surface area contributed by atoms with Crippen LogP contribution in [0.3, 0.4) is 0 Å². The molecule has 1 saturated carbocycles. The Morgan fingerprint density at radius 1 is 1.00 bits per heavy atom. The summed E-state index contributed by atoms with van der Waals surface area (Å²) in [4.78, 5) is 13.0. The zero-order valence-electron chi connectivity index (χ0n) is 15.6. The molecular weight excluding hydrogens is 354 g/mol. The molecule has 0 atom stereocenters. The highest BCUT2D eigenvalue weighted by molar-refractivity contribution is 5.87. The summed E-state index contributed by atoms with van der Waals surface area (Å²) in [6.07, 6.45) is 6.24. The van der Waals surface area contributed by atoms with Crippen molar-refractivity contribution in [2.45, 2.75) is 31.1 Å². The Morgan fingerprint density at radius 3 is 2.68 bits per heavy atom. The number of nitrogen functional groups attached to an aromatic ring is 1. The first-order valence-electron chi connectivity index (χ1n) is 9.75. The number of fused-ring (bicyclic) bond motifs is 2. The van der Waals surface area contributed by atoms with Crippen LogP contribution in [0.15, 0.2) is 36.7 Å². The van der Waals surface area contributed by atoms with Gasteiger partial charge in [0.05, 0.1) is 5.39 Å². The van der Waals surface area contributed by atoms with Crippen LogP contribution in [0.25, 0.3) is 11.0 Å². The van der Waals surface area contributed by atoms with Gasteiger partial charge in [-0.2, -0.15) is 0 Å². The molecule has 3 heterocycles. The Hall–Kier alpha value is -3.09. The first kappa shape index (κ1) is 17.0. The molecule has 0 radical (unpaired) electrons. The predicted octanol–water partition coefficient (Wildman–Crippen LogP) is 3.30. The number of nitrogens with one attached hydrogen (secondary N) is 1. The Morgan fingerprint density at radius 2 is 1.82 bits per heavy atom. The number of anilines is 2. The molecule has 3 N–H and O–H groups in total. The van der Waals surface area contributed by atoms with Gasteiger partial charge in [-0.25, -0.2) is 15.0 Å². The van der Waals surface area contributed by atoms with E-state index in [0.717, 1.165) is 42.1 Å². The molecule has 3 aromatic rings. The molecule has 0 spiro atoms. The molecule has 0 bridgehead atoms. The summed E-state index contributed by atoms with van der Waals surface area (Å²) < 4.78 is 11.5. The molecule has 0 unspecified atom stereocenters. The molecule has 0 saturated heterocycles. The smallest absolute Gasteiger partial charge is 0.166 e. The lowest BCUT2D eigenvalue weighted by Gasteiger charge is -2.31. The van der Waals surface area contributed by atoms with Crippen molar-refractivity contribution in [3.05, 3.63) is 42.2 Å². The highest BCUT2D eigenvalue weighted by Crippen LogP contribution is 2.44. The Balaban J connectivity index is 1.45. The Kier molecular flexibility index (Phi) is 4.15. The van der Waals surface area contributed by atoms with Crippen molar-refractivity contribution in [3.63, 3.8) is 0 Å². The normalized spacial score (nSPS) is 17.6. The van der Waals surface area contributed by atoms with E-state index in [4.69, 9.17) is 15.2 Å². The van der Waals surface area contributed by atoms with E-state index in [0.29, 0.717) is 24.7 Å². The second-order valence-electron chi connectivity index (χ2n) is 7.53. The van der Waals surface area contributed by atoms with Gasteiger partial charge in [-0.05, 0) is 42.7 Å². The monoisotopic (exact) mass is 377 g/mol. The molecule has 7 nitrogen and oxygen atoms in total. The third-order valence-corrected chi connectivity index (χ3v) is 5.83. The van der Waals surface area contributed by atoms with Gasteiger partial charge in [0.1, 0.15) is 31.2 Å². The van der Waals surface area contributed by atoms with Crippen LogP contribution >= 0.6 is 0 Å². The highest BCUT2D eigenvalue weighted by atomic mass is 16.6. The van der Waals surface area contributed by atoms with E-state index in [1.54, 1.807) is 6.07 Å². The van der Waals surface area contributed by atoms with Crippen molar-refractivity contribution >= 4 is 22.7 Å². The van der Waals surface area contributed by atoms with Gasteiger partial charge >= 0.3 is 0 Å². The summed E-state index contributed by atoms with van der Waals surface area (Å²) in [6.45, 7) is 2.01. The molecule has 5 rings (SSSR count). The van der Waals surface area contributed by atoms with Gasteiger partial charge in [-0.3, -0.25) is 0 Å². The number of aromatic nitrogens is 3. The number of nitrogens with zero attached hydrogens (tertiary/aromatic N) is 3. The van der Waals surface area contributed by atoms with Crippen LogP contribution in [0.1, 0.15) is 31.2 Å². The van der Waals surface area contributed by atoms with Gasteiger partial charge in [0.25, 0.3) is 0 Å². The van der Waals surface area contributed by atoms with Gasteiger partial charge in [-0.15, -0.1) is 0 Å². The lowest BCUT2D eigenvalue weighted by molar-refractivity contribution is 0.171. The van der Waals surface area contributed by atoms with E-state index in [2.05, 4.69) is 32.4 Å². The second-order valence-corrected chi connectivity index (χ2v) is 7.53. The quantitative estimate of drug-likeness (QED) is 0.720. The van der Waals surface area contributed by atoms with E-state index >= 15 is 0 Å². The maximum absolute atomic E-state index is 5.81. The van der Waals surface area contributed by atoms with Crippen molar-refractivity contribution in [3.8, 4) is 11.5 Å². The summed E-state index contributed by atoms with van der Waals surface area (Å²) in [5.74, 6) is 2.94. The molecule has 0 amide bonds. The minimum absolute atomic E-state index is 0.0499. The van der Waals surface area contributed by atoms with Crippen molar-refractivity contribution in [1.29, 1.82) is 0 Å². The van der Waals surface area contributed by atoms with Crippen LogP contribution in [0.4, 0.5) is 11.6 Å². The van der Waals surface area contributed by atoms with Crippen LogP contribution in [0.5, 0.6) is 11.5 Å². The average Bonchev–Trinajstić information content (AvgIpc) is 3.22. The van der Waals surface area contributed by atoms with Gasteiger partial charge < -0.3 is 20.5 Å². The fourth-order valence-corrected chi connectivity index (χ4v) is 4.34. The fraction of sp³-hybridized carbons (Fsp3) is 0.381. The third-order valence-electron chi connectivity index (χ3n) is 5.83. The van der Waals surface area contributed by atoms with E-state index in [1.165, 1.54) is 24.7 Å². The lowest BCUT2D eigenvalue weighted by atomic mass is 9.78. The first-order chi connectivity index (χ1) is 13.7. The molecule has 1 aliphatic heterocycles. The van der Waals surface area contributed by atoms with Crippen molar-refractivity contribution in [2.24, 2.45) is 0 Å². The summed E-state index contributed by atoms with van der Waals surface area (Å²) in [5, 5.41) is 4.45. The SMILES string of the molecule is Nc1ccc2c(NCC3(c4ccc5c(c4)OCCO5)CCCC3)ncnc2n1. The lowest BCUT2D eigenvalue weighted by Crippen LogP contribution is -2.32. The number of nitrogens with two attached hydrogens (primary N) is 1. The zero-order valence-corrected chi connectivity index (χ0v) is 15.6. The van der Waals surface area contributed by atoms with Gasteiger partial charge in [0.2, 0.25) is 0 Å². The summed E-state index contributed by atoms with van der Waals surface area (Å²) in [7, 11) is 0. The maximum Gasteiger partial charge on any atom is 0.166 e. The second kappa shape index (κ2) is 6.82. The van der Waals surface area contributed by atoms with E-state index in [-0.39, 0.29) is 5.41 Å². The number of ether oxygens (including phenoxy) is 2. The number of benzene rings is 1. The molecule has 144 valence electrons. The molecule has 2 aliphatic rings. The zero-order chi connectivity index (χ0) is 19.0. The number of pyridine rings is 1. The number of rotatable bonds is 4. The van der Waals surface area contributed by atoms with Crippen LogP contribution in [0, 0.1) is 0 Å². The first-order valence-corrected chi connectivity index (χ1v) is 9.75. The van der Waals surface area contributed by atoms with Gasteiger partial charge in [0.15, 0.2) is 17.1 Å². The summed E-state index contributed by atoms with van der Waals surface area (Å²) in [5.41, 5.74) is 7.74. The van der Waals surface area contributed by atoms with Crippen molar-refractivity contribution in [2.75, 3.05) is 30.8 Å². The third kappa shape index (κ3) is 2.96. The van der Waals surface area contributed by atoms with Gasteiger partial charge in [-0.1, -0.05) is 18.9 Å². The molecule has 7 heteroatoms. The Labute approximate surface area is 163 Å². The maximum atomic E-state index is 5.81. The van der Waals surface area contributed by atoms with E-state index in [9.17, 15) is 0 Å². The summed E-state index contributed by atoms with van der Waals surface area (Å²) in [6, 6.07) is 10.1. The largest absolute Gasteiger partial charge is 0.486 e. The number of hydrogen-bond donors (Lipinski definition) is 2. The summed E-state index contributed by atoms with van der Waals surface area (Å²) >= 11 is 0. The Bertz CT molecular complexity index is 1020. The standard InChI is InChI=1S/C21H23N5O2/c22-18-6-4-15-19(24-13-25-20(15)26-18)23-12-21(7-1-2-8-21)14-3-5-16-17(11-14)28-10-9-27-16/h3-6,11,13H,1-2,7-10,12H2,(H3,22,23,24,25,26). The van der Waals surface area contributed by atoms with Crippen LogP contribution in [-0.2, 0) is 5.41 Å². The molecule has 1 fully saturated rings. The minimum atomic E-state index is 0.0499. The fourth-order valence-electron chi connectivity index (χ4n) is 4.34. The number of hydrogen-bond acceptors (Lipinski definition) is 7. The molecule has 1 aliphatic carbocycles. The van der Waals surface area contributed by atoms with Crippen molar-refractivity contribution in [1.82, 2.24) is 15.0 Å². The molecule has 2 aromatic heterocycles. The van der Waals surface area contributed by atoms with Gasteiger partial charge in [0, 0.05) is 12.0 Å². The topological polar surface area (TPSA) is 95.2 Å². The van der Waals surface area contributed by atoms with E-state index < -0.39 is 0 Å². The predicted molar refractivity (Wildman–Crippen MR) is 108 cm³/mol. The highest BCUT2D eigenvalue weighted by Gasteiger charge is 2.36. The minimum Gasteiger partial charge on any atom is -0.486 e. The average molecular weight is 377 g/mol. The van der Waals surface area contributed by atoms with Crippen LogP contribution in [0.2, 0.25) is 0 Å².